The van der Waals surface area contributed by atoms with E-state index in [4.69, 9.17) is 8.92 Å². The maximum atomic E-state index is 5.99. The van der Waals surface area contributed by atoms with Crippen molar-refractivity contribution >= 4 is 34.5 Å². The van der Waals surface area contributed by atoms with Crippen LogP contribution in [0.4, 0.5) is 0 Å². The van der Waals surface area contributed by atoms with Crippen LogP contribution in [0, 0.1) is 0 Å². The highest BCUT2D eigenvalue weighted by Gasteiger charge is 2.27. The van der Waals surface area contributed by atoms with E-state index in [9.17, 15) is 0 Å². The zero-order valence-corrected chi connectivity index (χ0v) is 14.4. The van der Waals surface area contributed by atoms with Gasteiger partial charge in [-0.2, -0.15) is 0 Å². The smallest absolute Gasteiger partial charge is 0.135 e. The van der Waals surface area contributed by atoms with Crippen molar-refractivity contribution < 1.29 is 8.92 Å². The van der Waals surface area contributed by atoms with Crippen molar-refractivity contribution in [3.8, 4) is 5.75 Å². The molecule has 0 atom stereocenters. The number of allylic oxidation sites excluding steroid dienone is 4. The minimum Gasteiger partial charge on any atom is -0.488 e. The summed E-state index contributed by atoms with van der Waals surface area (Å²) in [5.41, 5.74) is 6.20. The van der Waals surface area contributed by atoms with Crippen molar-refractivity contribution in [1.29, 1.82) is 0 Å². The van der Waals surface area contributed by atoms with Crippen molar-refractivity contribution in [2.75, 3.05) is 12.9 Å². The molecule has 0 saturated carbocycles. The lowest BCUT2D eigenvalue weighted by atomic mass is 9.91. The van der Waals surface area contributed by atoms with Gasteiger partial charge in [-0.3, -0.25) is 0 Å². The van der Waals surface area contributed by atoms with E-state index < -0.39 is 0 Å². The van der Waals surface area contributed by atoms with E-state index in [-0.39, 0.29) is 0 Å². The summed E-state index contributed by atoms with van der Waals surface area (Å²) in [5.74, 6) is 1.00. The van der Waals surface area contributed by atoms with Crippen molar-refractivity contribution in [2.45, 2.75) is 6.42 Å². The van der Waals surface area contributed by atoms with E-state index in [0.717, 1.165) is 12.2 Å². The monoisotopic (exact) mass is 334 g/mol. The van der Waals surface area contributed by atoms with Gasteiger partial charge in [-0.05, 0) is 46.2 Å². The normalized spacial score (nSPS) is 15.5. The molecular formula is C21H18O2S. The van der Waals surface area contributed by atoms with Crippen LogP contribution in [0.2, 0.25) is 0 Å². The fourth-order valence-electron chi connectivity index (χ4n) is 3.59. The van der Waals surface area contributed by atoms with Crippen LogP contribution < -0.4 is 4.74 Å². The number of benzene rings is 2. The SMILES string of the molecule is C=CC1=C(/C=C/OSC)Cc2c3c(c4ccccc4c21)OCC=C3. The molecule has 1 heterocycles. The fourth-order valence-corrected chi connectivity index (χ4v) is 3.76. The summed E-state index contributed by atoms with van der Waals surface area (Å²) >= 11 is 1.34. The standard InChI is InChI=1S/C21H18O2S/c1-3-15-14(10-12-23-24-2)13-19-18-9-6-11-22-21(18)17-8-5-4-7-16(17)20(15)19/h3-10,12H,1,11,13H2,2H3/b12-10+. The Morgan fingerprint density at radius 1 is 1.25 bits per heavy atom. The highest BCUT2D eigenvalue weighted by Crippen LogP contribution is 2.47. The summed E-state index contributed by atoms with van der Waals surface area (Å²) in [5, 5.41) is 2.39. The van der Waals surface area contributed by atoms with Gasteiger partial charge in [0.25, 0.3) is 0 Å². The molecule has 2 nitrogen and oxygen atoms in total. The molecule has 120 valence electrons. The topological polar surface area (TPSA) is 18.5 Å². The van der Waals surface area contributed by atoms with Gasteiger partial charge in [-0.15, -0.1) is 0 Å². The summed E-state index contributed by atoms with van der Waals surface area (Å²) in [6.45, 7) is 4.68. The predicted octanol–water partition coefficient (Wildman–Crippen LogP) is 5.55. The third kappa shape index (κ3) is 2.28. The van der Waals surface area contributed by atoms with Crippen molar-refractivity contribution in [1.82, 2.24) is 0 Å². The molecule has 0 amide bonds. The van der Waals surface area contributed by atoms with Gasteiger partial charge < -0.3 is 8.92 Å². The first kappa shape index (κ1) is 15.2. The zero-order chi connectivity index (χ0) is 16.5. The molecule has 4 rings (SSSR count). The fraction of sp³-hybridized carbons (Fsp3) is 0.143. The van der Waals surface area contributed by atoms with Crippen LogP contribution in [-0.4, -0.2) is 12.9 Å². The molecule has 0 N–H and O–H groups in total. The minimum absolute atomic E-state index is 0.631. The Labute approximate surface area is 146 Å². The van der Waals surface area contributed by atoms with Crippen molar-refractivity contribution in [2.24, 2.45) is 0 Å². The van der Waals surface area contributed by atoms with Gasteiger partial charge in [0.1, 0.15) is 18.6 Å². The predicted molar refractivity (Wildman–Crippen MR) is 103 cm³/mol. The minimum atomic E-state index is 0.631. The Morgan fingerprint density at radius 2 is 2.08 bits per heavy atom. The van der Waals surface area contributed by atoms with Crippen LogP contribution >= 0.6 is 12.0 Å². The van der Waals surface area contributed by atoms with Crippen molar-refractivity contribution in [3.63, 3.8) is 0 Å². The van der Waals surface area contributed by atoms with E-state index in [2.05, 4.69) is 43.0 Å². The maximum Gasteiger partial charge on any atom is 0.135 e. The lowest BCUT2D eigenvalue weighted by Crippen LogP contribution is -2.05. The average Bonchev–Trinajstić information content (AvgIpc) is 3.01. The second kappa shape index (κ2) is 6.25. The van der Waals surface area contributed by atoms with Gasteiger partial charge >= 0.3 is 0 Å². The second-order valence-electron chi connectivity index (χ2n) is 5.74. The third-order valence-corrected chi connectivity index (χ3v) is 4.83. The Kier molecular flexibility index (Phi) is 3.95. The molecule has 3 heteroatoms. The summed E-state index contributed by atoms with van der Waals surface area (Å²) in [4.78, 5) is 0. The third-order valence-electron chi connectivity index (χ3n) is 4.53. The van der Waals surface area contributed by atoms with Crippen LogP contribution in [0.3, 0.4) is 0 Å². The molecule has 0 saturated heterocycles. The average molecular weight is 334 g/mol. The highest BCUT2D eigenvalue weighted by molar-refractivity contribution is 7.94. The number of hydrogen-bond donors (Lipinski definition) is 0. The maximum absolute atomic E-state index is 5.99. The van der Waals surface area contributed by atoms with Gasteiger partial charge in [0, 0.05) is 17.2 Å². The van der Waals surface area contributed by atoms with E-state index in [0.29, 0.717) is 6.61 Å². The molecule has 2 aliphatic rings. The molecule has 24 heavy (non-hydrogen) atoms. The lowest BCUT2D eigenvalue weighted by Gasteiger charge is -2.20. The van der Waals surface area contributed by atoms with E-state index >= 15 is 0 Å². The molecule has 0 unspecified atom stereocenters. The Balaban J connectivity index is 1.99. The Bertz CT molecular complexity index is 919. The number of ether oxygens (including phenoxy) is 1. The largest absolute Gasteiger partial charge is 0.488 e. The van der Waals surface area contributed by atoms with E-state index in [1.54, 1.807) is 6.26 Å². The summed E-state index contributed by atoms with van der Waals surface area (Å²) in [6, 6.07) is 8.46. The first-order chi connectivity index (χ1) is 11.8. The molecule has 0 spiro atoms. The van der Waals surface area contributed by atoms with Crippen LogP contribution in [0.5, 0.6) is 5.75 Å². The molecule has 0 radical (unpaired) electrons. The molecular weight excluding hydrogens is 316 g/mol. The molecule has 2 aromatic carbocycles. The molecule has 1 aliphatic carbocycles. The van der Waals surface area contributed by atoms with Gasteiger partial charge in [0.05, 0.1) is 12.0 Å². The van der Waals surface area contributed by atoms with Crippen LogP contribution in [0.15, 0.2) is 60.9 Å². The second-order valence-corrected chi connectivity index (χ2v) is 6.27. The molecule has 0 bridgehead atoms. The van der Waals surface area contributed by atoms with Gasteiger partial charge in [-0.25, -0.2) is 0 Å². The summed E-state index contributed by atoms with van der Waals surface area (Å²) in [7, 11) is 0. The first-order valence-corrected chi connectivity index (χ1v) is 9.09. The van der Waals surface area contributed by atoms with Crippen LogP contribution in [-0.2, 0) is 10.6 Å². The van der Waals surface area contributed by atoms with Crippen molar-refractivity contribution in [3.05, 3.63) is 77.6 Å². The summed E-state index contributed by atoms with van der Waals surface area (Å²) in [6.07, 6.45) is 12.8. The molecule has 1 aliphatic heterocycles. The van der Waals surface area contributed by atoms with Gasteiger partial charge in [0.15, 0.2) is 0 Å². The van der Waals surface area contributed by atoms with Crippen LogP contribution in [0.25, 0.3) is 22.4 Å². The van der Waals surface area contributed by atoms with Crippen LogP contribution in [0.1, 0.15) is 16.7 Å². The number of hydrogen-bond acceptors (Lipinski definition) is 3. The summed E-state index contributed by atoms with van der Waals surface area (Å²) < 4.78 is 11.3. The quantitative estimate of drug-likeness (QED) is 0.539. The molecule has 0 fully saturated rings. The van der Waals surface area contributed by atoms with Gasteiger partial charge in [0.2, 0.25) is 0 Å². The lowest BCUT2D eigenvalue weighted by molar-refractivity contribution is 0.362. The first-order valence-electron chi connectivity index (χ1n) is 7.94. The van der Waals surface area contributed by atoms with E-state index in [1.165, 1.54) is 50.7 Å². The molecule has 0 aromatic heterocycles. The Hall–Kier alpha value is -2.39. The number of fused-ring (bicyclic) bond motifs is 6. The van der Waals surface area contributed by atoms with Gasteiger partial charge in [-0.1, -0.05) is 43.0 Å². The molecule has 2 aromatic rings. The zero-order valence-electron chi connectivity index (χ0n) is 13.5. The Morgan fingerprint density at radius 3 is 2.88 bits per heavy atom. The highest BCUT2D eigenvalue weighted by atomic mass is 32.2. The number of rotatable bonds is 4. The van der Waals surface area contributed by atoms with E-state index in [1.807, 2.05) is 18.4 Å².